The number of aliphatic hydroxyl groups excluding tert-OH is 1. The van der Waals surface area contributed by atoms with Crippen molar-refractivity contribution in [1.29, 1.82) is 5.26 Å². The van der Waals surface area contributed by atoms with E-state index < -0.39 is 5.41 Å². The van der Waals surface area contributed by atoms with Crippen molar-refractivity contribution in [3.8, 4) is 23.2 Å². The van der Waals surface area contributed by atoms with Gasteiger partial charge in [0, 0.05) is 37.4 Å². The lowest BCUT2D eigenvalue weighted by Gasteiger charge is -2.21. The number of nitrogens with one attached hydrogen (secondary N) is 3. The Morgan fingerprint density at radius 2 is 2.11 bits per heavy atom. The molecule has 1 aromatic carbocycles. The summed E-state index contributed by atoms with van der Waals surface area (Å²) < 4.78 is 10.5. The molecule has 3 heterocycles. The Bertz CT molecular complexity index is 1280. The molecule has 182 valence electrons. The van der Waals surface area contributed by atoms with E-state index in [0.717, 1.165) is 16.8 Å². The zero-order valence-electron chi connectivity index (χ0n) is 19.6. The minimum atomic E-state index is -0.486. The number of aliphatic hydroxyl groups is 1. The van der Waals surface area contributed by atoms with Crippen LogP contribution in [0.25, 0.3) is 11.3 Å². The average Bonchev–Trinajstić information content (AvgIpc) is 3.22. The van der Waals surface area contributed by atoms with Crippen LogP contribution in [-0.4, -0.2) is 60.6 Å². The van der Waals surface area contributed by atoms with Gasteiger partial charge in [0.05, 0.1) is 42.3 Å². The van der Waals surface area contributed by atoms with E-state index in [1.807, 2.05) is 13.0 Å². The quantitative estimate of drug-likeness (QED) is 0.326. The summed E-state index contributed by atoms with van der Waals surface area (Å²) >= 11 is 6.40. The lowest BCUT2D eigenvalue weighted by Crippen LogP contribution is -2.28. The fourth-order valence-electron chi connectivity index (χ4n) is 3.88. The van der Waals surface area contributed by atoms with Crippen LogP contribution in [0.4, 0.5) is 23.1 Å². The fraction of sp³-hybridized carbons (Fsp3) is 0.333. The Hall–Kier alpha value is -3.65. The first-order valence-electron chi connectivity index (χ1n) is 10.9. The lowest BCUT2D eigenvalue weighted by molar-refractivity contribution is 0.210. The van der Waals surface area contributed by atoms with Gasteiger partial charge in [0.1, 0.15) is 17.6 Å². The predicted molar refractivity (Wildman–Crippen MR) is 135 cm³/mol. The Morgan fingerprint density at radius 1 is 1.29 bits per heavy atom. The first-order valence-corrected chi connectivity index (χ1v) is 11.3. The molecule has 0 unspecified atom stereocenters. The van der Waals surface area contributed by atoms with E-state index in [1.54, 1.807) is 31.5 Å². The summed E-state index contributed by atoms with van der Waals surface area (Å²) in [5.41, 5.74) is 3.51. The van der Waals surface area contributed by atoms with Crippen LogP contribution in [0, 0.1) is 11.3 Å². The summed E-state index contributed by atoms with van der Waals surface area (Å²) in [6, 6.07) is 9.42. The van der Waals surface area contributed by atoms with E-state index in [0.29, 0.717) is 59.3 Å². The van der Waals surface area contributed by atoms with Gasteiger partial charge in [-0.25, -0.2) is 9.97 Å². The molecule has 4 rings (SSSR count). The van der Waals surface area contributed by atoms with Crippen LogP contribution in [-0.2, 0) is 10.2 Å². The normalized spacial score (nSPS) is 16.2. The van der Waals surface area contributed by atoms with Gasteiger partial charge >= 0.3 is 0 Å². The van der Waals surface area contributed by atoms with E-state index in [9.17, 15) is 10.4 Å². The van der Waals surface area contributed by atoms with Crippen molar-refractivity contribution >= 4 is 34.7 Å². The Balaban J connectivity index is 1.66. The van der Waals surface area contributed by atoms with Crippen LogP contribution in [0.2, 0.25) is 5.02 Å². The Morgan fingerprint density at radius 3 is 2.83 bits per heavy atom. The highest BCUT2D eigenvalue weighted by atomic mass is 35.5. The van der Waals surface area contributed by atoms with Crippen molar-refractivity contribution < 1.29 is 14.6 Å². The molecule has 35 heavy (non-hydrogen) atoms. The molecule has 1 atom stereocenters. The SMILES string of the molecule is COCCNc1nc(OC)c(Nc2nccc(-c3cc(C#N)c4c(c3)[C@](C)(CO)CN4)n2)cc1Cl. The van der Waals surface area contributed by atoms with E-state index in [1.165, 1.54) is 7.11 Å². The predicted octanol–water partition coefficient (Wildman–Crippen LogP) is 3.55. The van der Waals surface area contributed by atoms with Crippen LogP contribution in [0.5, 0.6) is 5.88 Å². The lowest BCUT2D eigenvalue weighted by atomic mass is 9.83. The Kier molecular flexibility index (Phi) is 7.21. The molecule has 0 spiro atoms. The molecule has 2 aromatic heterocycles. The summed E-state index contributed by atoms with van der Waals surface area (Å²) in [5.74, 6) is 1.10. The second-order valence-electron chi connectivity index (χ2n) is 8.32. The van der Waals surface area contributed by atoms with Crippen LogP contribution in [0.1, 0.15) is 18.1 Å². The maximum absolute atomic E-state index is 9.96. The molecular weight excluding hydrogens is 470 g/mol. The zero-order chi connectivity index (χ0) is 25.0. The molecule has 4 N–H and O–H groups in total. The smallest absolute Gasteiger partial charge is 0.239 e. The minimum absolute atomic E-state index is 0.0399. The summed E-state index contributed by atoms with van der Waals surface area (Å²) in [6.45, 7) is 3.52. The molecule has 0 saturated heterocycles. The number of halogens is 1. The van der Waals surface area contributed by atoms with Crippen LogP contribution in [0.15, 0.2) is 30.5 Å². The molecule has 1 aliphatic rings. The topological polar surface area (TPSA) is 137 Å². The summed E-state index contributed by atoms with van der Waals surface area (Å²) in [4.78, 5) is 13.4. The van der Waals surface area contributed by atoms with E-state index in [4.69, 9.17) is 21.1 Å². The molecule has 10 nitrogen and oxygen atoms in total. The number of rotatable bonds is 9. The van der Waals surface area contributed by atoms with Gasteiger partial charge in [-0.3, -0.25) is 0 Å². The van der Waals surface area contributed by atoms with Crippen molar-refractivity contribution in [1.82, 2.24) is 15.0 Å². The van der Waals surface area contributed by atoms with Gasteiger partial charge in [0.15, 0.2) is 0 Å². The number of fused-ring (bicyclic) bond motifs is 1. The van der Waals surface area contributed by atoms with Gasteiger partial charge in [-0.1, -0.05) is 18.5 Å². The van der Waals surface area contributed by atoms with Crippen LogP contribution < -0.4 is 20.7 Å². The number of methoxy groups -OCH3 is 2. The largest absolute Gasteiger partial charge is 0.479 e. The van der Waals surface area contributed by atoms with Gasteiger partial charge in [0.25, 0.3) is 0 Å². The third kappa shape index (κ3) is 4.93. The molecule has 1 aliphatic heterocycles. The number of anilines is 4. The summed E-state index contributed by atoms with van der Waals surface area (Å²) in [6.07, 6.45) is 1.62. The molecule has 11 heteroatoms. The van der Waals surface area contributed by atoms with Gasteiger partial charge in [0.2, 0.25) is 11.8 Å². The molecule has 3 aromatic rings. The Labute approximate surface area is 208 Å². The third-order valence-corrected chi connectivity index (χ3v) is 6.13. The summed E-state index contributed by atoms with van der Waals surface area (Å²) in [7, 11) is 3.13. The van der Waals surface area contributed by atoms with Gasteiger partial charge in [-0.2, -0.15) is 10.2 Å². The van der Waals surface area contributed by atoms with Gasteiger partial charge in [-0.15, -0.1) is 0 Å². The van der Waals surface area contributed by atoms with Crippen LogP contribution >= 0.6 is 11.6 Å². The molecule has 0 radical (unpaired) electrons. The monoisotopic (exact) mass is 495 g/mol. The van der Waals surface area contributed by atoms with Crippen molar-refractivity contribution in [3.05, 3.63) is 46.6 Å². The van der Waals surface area contributed by atoms with E-state index in [-0.39, 0.29) is 6.61 Å². The minimum Gasteiger partial charge on any atom is -0.479 e. The van der Waals surface area contributed by atoms with Crippen LogP contribution in [0.3, 0.4) is 0 Å². The molecule has 0 amide bonds. The standard InChI is InChI=1S/C24H26ClN7O3/c1-24(13-33)12-29-20-15(11-26)8-14(9-16(20)24)18-4-5-28-23(30-18)31-19-10-17(25)21(27-6-7-34-2)32-22(19)35-3/h4-5,8-10,29,33H,6-7,12-13H2,1-3H3,(H,27,32)(H,28,30,31)/t24-/m0/s1. The maximum atomic E-state index is 9.96. The third-order valence-electron chi connectivity index (χ3n) is 5.84. The van der Waals surface area contributed by atoms with Crippen molar-refractivity contribution in [3.63, 3.8) is 0 Å². The number of hydrogen-bond donors (Lipinski definition) is 4. The highest BCUT2D eigenvalue weighted by molar-refractivity contribution is 6.33. The number of pyridine rings is 1. The number of hydrogen-bond acceptors (Lipinski definition) is 10. The number of aromatic nitrogens is 3. The second-order valence-corrected chi connectivity index (χ2v) is 8.72. The van der Waals surface area contributed by atoms with Crippen molar-refractivity contribution in [2.24, 2.45) is 0 Å². The number of nitrogens with zero attached hydrogens (tertiary/aromatic N) is 4. The molecule has 0 fully saturated rings. The van der Waals surface area contributed by atoms with Gasteiger partial charge < -0.3 is 30.5 Å². The molecule has 0 saturated carbocycles. The first kappa shape index (κ1) is 24.5. The van der Waals surface area contributed by atoms with E-state index >= 15 is 0 Å². The zero-order valence-corrected chi connectivity index (χ0v) is 20.4. The molecular formula is C24H26ClN7O3. The maximum Gasteiger partial charge on any atom is 0.239 e. The first-order chi connectivity index (χ1) is 16.9. The highest BCUT2D eigenvalue weighted by Crippen LogP contribution is 2.41. The van der Waals surface area contributed by atoms with Crippen molar-refractivity contribution in [2.45, 2.75) is 12.3 Å². The van der Waals surface area contributed by atoms with E-state index in [2.05, 4.69) is 37.0 Å². The van der Waals surface area contributed by atoms with Gasteiger partial charge in [-0.05, 0) is 29.8 Å². The van der Waals surface area contributed by atoms with Crippen molar-refractivity contribution in [2.75, 3.05) is 56.5 Å². The summed E-state index contributed by atoms with van der Waals surface area (Å²) in [5, 5.41) is 29.5. The second kappa shape index (κ2) is 10.3. The fourth-order valence-corrected chi connectivity index (χ4v) is 4.10. The highest BCUT2D eigenvalue weighted by Gasteiger charge is 2.36. The average molecular weight is 496 g/mol. The number of nitriles is 1. The number of benzene rings is 1. The number of ether oxygens (including phenoxy) is 2. The molecule has 0 bridgehead atoms. The molecule has 0 aliphatic carbocycles.